The van der Waals surface area contributed by atoms with E-state index < -0.39 is 16.0 Å². The largest absolute Gasteiger partial charge is 0.486 e. The van der Waals surface area contributed by atoms with Gasteiger partial charge in [-0.3, -0.25) is 9.00 Å². The summed E-state index contributed by atoms with van der Waals surface area (Å²) in [6.07, 6.45) is 0.832. The van der Waals surface area contributed by atoms with Crippen molar-refractivity contribution in [3.05, 3.63) is 52.5 Å². The van der Waals surface area contributed by atoms with E-state index in [0.29, 0.717) is 36.3 Å². The van der Waals surface area contributed by atoms with Gasteiger partial charge in [-0.15, -0.1) is 0 Å². The molecule has 0 aliphatic carbocycles. The number of rotatable bonds is 4. The van der Waals surface area contributed by atoms with Gasteiger partial charge < -0.3 is 14.4 Å². The number of carbonyl (C=O) groups is 1. The highest BCUT2D eigenvalue weighted by atomic mass is 35.5. The number of halogens is 1. The van der Waals surface area contributed by atoms with Crippen molar-refractivity contribution in [2.45, 2.75) is 24.3 Å². The number of fused-ring (bicyclic) bond motifs is 2. The summed E-state index contributed by atoms with van der Waals surface area (Å²) in [4.78, 5) is 14.6. The van der Waals surface area contributed by atoms with Crippen LogP contribution in [-0.4, -0.2) is 35.1 Å². The van der Waals surface area contributed by atoms with Crippen LogP contribution in [0.2, 0.25) is 5.02 Å². The Bertz CT molecular complexity index is 917. The van der Waals surface area contributed by atoms with Crippen LogP contribution < -0.4 is 14.4 Å². The Labute approximate surface area is 165 Å². The summed E-state index contributed by atoms with van der Waals surface area (Å²) in [5, 5.41) is -0.171. The molecule has 2 aliphatic rings. The van der Waals surface area contributed by atoms with E-state index in [9.17, 15) is 9.00 Å². The topological polar surface area (TPSA) is 55.8 Å². The van der Waals surface area contributed by atoms with Gasteiger partial charge in [-0.05, 0) is 42.7 Å². The van der Waals surface area contributed by atoms with Crippen LogP contribution in [0.5, 0.6) is 11.5 Å². The molecule has 0 fully saturated rings. The molecule has 0 radical (unpaired) electrons. The molecule has 0 spiro atoms. The molecule has 5 nitrogen and oxygen atoms in total. The van der Waals surface area contributed by atoms with Gasteiger partial charge in [0.1, 0.15) is 18.5 Å². The zero-order valence-electron chi connectivity index (χ0n) is 14.9. The first kappa shape index (κ1) is 18.3. The van der Waals surface area contributed by atoms with Crippen molar-refractivity contribution in [1.29, 1.82) is 0 Å². The molecule has 27 heavy (non-hydrogen) atoms. The van der Waals surface area contributed by atoms with Crippen molar-refractivity contribution in [2.24, 2.45) is 0 Å². The summed E-state index contributed by atoms with van der Waals surface area (Å²) in [5.41, 5.74) is 2.85. The molecule has 1 amide bonds. The quantitative estimate of drug-likeness (QED) is 0.782. The highest BCUT2D eigenvalue weighted by Crippen LogP contribution is 2.38. The molecule has 2 unspecified atom stereocenters. The predicted octanol–water partition coefficient (Wildman–Crippen LogP) is 3.34. The predicted molar refractivity (Wildman–Crippen MR) is 106 cm³/mol. The lowest BCUT2D eigenvalue weighted by Gasteiger charge is -2.22. The zero-order chi connectivity index (χ0) is 19.0. The highest BCUT2D eigenvalue weighted by molar-refractivity contribution is 7.85. The molecule has 2 aromatic carbocycles. The number of ether oxygens (including phenoxy) is 2. The Morgan fingerprint density at radius 2 is 2.04 bits per heavy atom. The fourth-order valence-electron chi connectivity index (χ4n) is 3.44. The first-order valence-electron chi connectivity index (χ1n) is 8.89. The van der Waals surface area contributed by atoms with Gasteiger partial charge in [-0.2, -0.15) is 0 Å². The van der Waals surface area contributed by atoms with Crippen molar-refractivity contribution in [3.8, 4) is 11.5 Å². The number of nitrogens with zero attached hydrogens (tertiary/aromatic N) is 1. The first-order chi connectivity index (χ1) is 13.0. The third-order valence-electron chi connectivity index (χ3n) is 4.86. The molecular formula is C20H20ClNO4S. The molecule has 0 aromatic heterocycles. The minimum atomic E-state index is -1.37. The van der Waals surface area contributed by atoms with Crippen LogP contribution in [0, 0.1) is 0 Å². The Morgan fingerprint density at radius 1 is 1.26 bits per heavy atom. The van der Waals surface area contributed by atoms with Gasteiger partial charge >= 0.3 is 0 Å². The molecule has 0 saturated heterocycles. The standard InChI is InChI=1S/C20H20ClNO4S/c1-13(20(23)22-7-6-15-4-2-3-5-17(15)22)27(24)12-14-10-16(21)19-18(11-14)25-8-9-26-19/h2-5,10-11,13H,6-9,12H2,1H3. The molecule has 2 heterocycles. The number of carbonyl (C=O) groups excluding carboxylic acids is 1. The molecule has 4 rings (SSSR count). The van der Waals surface area contributed by atoms with E-state index in [1.54, 1.807) is 24.0 Å². The number of para-hydroxylation sites is 1. The minimum Gasteiger partial charge on any atom is -0.486 e. The molecule has 2 aliphatic heterocycles. The van der Waals surface area contributed by atoms with Crippen molar-refractivity contribution >= 4 is 34.0 Å². The van der Waals surface area contributed by atoms with Gasteiger partial charge in [0.05, 0.1) is 5.02 Å². The molecular weight excluding hydrogens is 386 g/mol. The van der Waals surface area contributed by atoms with Crippen LogP contribution in [0.3, 0.4) is 0 Å². The molecule has 0 bridgehead atoms. The lowest BCUT2D eigenvalue weighted by Crippen LogP contribution is -2.39. The second kappa shape index (κ2) is 7.52. The Morgan fingerprint density at radius 3 is 2.89 bits per heavy atom. The fraction of sp³-hybridized carbons (Fsp3) is 0.350. The maximum Gasteiger partial charge on any atom is 0.242 e. The summed E-state index contributed by atoms with van der Waals surface area (Å²) in [5.74, 6) is 1.21. The number of benzene rings is 2. The summed E-state index contributed by atoms with van der Waals surface area (Å²) in [7, 11) is -1.37. The Balaban J connectivity index is 1.49. The van der Waals surface area contributed by atoms with Crippen LogP contribution in [0.4, 0.5) is 5.69 Å². The smallest absolute Gasteiger partial charge is 0.242 e. The van der Waals surface area contributed by atoms with E-state index in [0.717, 1.165) is 23.2 Å². The summed E-state index contributed by atoms with van der Waals surface area (Å²) in [6.45, 7) is 3.27. The van der Waals surface area contributed by atoms with Gasteiger partial charge in [0.25, 0.3) is 0 Å². The summed E-state index contributed by atoms with van der Waals surface area (Å²) in [6, 6.07) is 11.4. The molecule has 7 heteroatoms. The second-order valence-corrected chi connectivity index (χ2v) is 8.80. The number of hydrogen-bond donors (Lipinski definition) is 0. The van der Waals surface area contributed by atoms with Crippen molar-refractivity contribution in [3.63, 3.8) is 0 Å². The van der Waals surface area contributed by atoms with Crippen molar-refractivity contribution in [2.75, 3.05) is 24.7 Å². The van der Waals surface area contributed by atoms with Gasteiger partial charge in [-0.25, -0.2) is 0 Å². The first-order valence-corrected chi connectivity index (χ1v) is 10.6. The molecule has 142 valence electrons. The summed E-state index contributed by atoms with van der Waals surface area (Å²) >= 11 is 6.25. The molecule has 0 N–H and O–H groups in total. The molecule has 2 atom stereocenters. The van der Waals surface area contributed by atoms with Gasteiger partial charge in [0.15, 0.2) is 11.5 Å². The van der Waals surface area contributed by atoms with E-state index in [4.69, 9.17) is 21.1 Å². The Hall–Kier alpha value is -2.05. The molecule has 0 saturated carbocycles. The third-order valence-corrected chi connectivity index (χ3v) is 6.75. The van der Waals surface area contributed by atoms with E-state index >= 15 is 0 Å². The van der Waals surface area contributed by atoms with Gasteiger partial charge in [0.2, 0.25) is 5.91 Å². The minimum absolute atomic E-state index is 0.109. The lowest BCUT2D eigenvalue weighted by molar-refractivity contribution is -0.117. The fourth-order valence-corrected chi connectivity index (χ4v) is 4.82. The normalized spacial score (nSPS) is 17.3. The van der Waals surface area contributed by atoms with Crippen molar-refractivity contribution < 1.29 is 18.5 Å². The second-order valence-electron chi connectivity index (χ2n) is 6.64. The van der Waals surface area contributed by atoms with E-state index in [1.165, 1.54) is 0 Å². The number of anilines is 1. The third kappa shape index (κ3) is 3.56. The van der Waals surface area contributed by atoms with E-state index in [-0.39, 0.29) is 11.7 Å². The highest BCUT2D eigenvalue weighted by Gasteiger charge is 2.31. The van der Waals surface area contributed by atoms with Crippen LogP contribution in [-0.2, 0) is 27.8 Å². The van der Waals surface area contributed by atoms with Crippen LogP contribution in [0.25, 0.3) is 0 Å². The monoisotopic (exact) mass is 405 g/mol. The van der Waals surface area contributed by atoms with Crippen LogP contribution in [0.1, 0.15) is 18.1 Å². The van der Waals surface area contributed by atoms with Crippen LogP contribution >= 0.6 is 11.6 Å². The SMILES string of the molecule is CC(C(=O)N1CCc2ccccc21)S(=O)Cc1cc(Cl)c2c(c1)OCCO2. The zero-order valence-corrected chi connectivity index (χ0v) is 16.5. The van der Waals surface area contributed by atoms with Gasteiger partial charge in [-0.1, -0.05) is 29.8 Å². The van der Waals surface area contributed by atoms with Crippen molar-refractivity contribution in [1.82, 2.24) is 0 Å². The number of hydrogen-bond acceptors (Lipinski definition) is 4. The maximum absolute atomic E-state index is 12.9. The maximum atomic E-state index is 12.9. The van der Waals surface area contributed by atoms with E-state index in [1.807, 2.05) is 24.3 Å². The average molecular weight is 406 g/mol. The summed E-state index contributed by atoms with van der Waals surface area (Å²) < 4.78 is 23.9. The van der Waals surface area contributed by atoms with Gasteiger partial charge in [0, 0.05) is 28.8 Å². The van der Waals surface area contributed by atoms with Crippen LogP contribution in [0.15, 0.2) is 36.4 Å². The number of amides is 1. The molecule has 2 aromatic rings. The lowest BCUT2D eigenvalue weighted by atomic mass is 10.2. The average Bonchev–Trinajstić information content (AvgIpc) is 3.11. The van der Waals surface area contributed by atoms with E-state index in [2.05, 4.69) is 0 Å². The Kier molecular flexibility index (Phi) is 5.10.